The van der Waals surface area contributed by atoms with E-state index in [0.717, 1.165) is 0 Å². The highest BCUT2D eigenvalue weighted by molar-refractivity contribution is 5.85. The summed E-state index contributed by atoms with van der Waals surface area (Å²) in [6.45, 7) is 8.56. The predicted octanol–water partition coefficient (Wildman–Crippen LogP) is 2.02. The number of likely N-dealkylation sites (tertiary alicyclic amines) is 1. The van der Waals surface area contributed by atoms with E-state index < -0.39 is 0 Å². The lowest BCUT2D eigenvalue weighted by molar-refractivity contribution is 0.143. The topological polar surface area (TPSA) is 33.1 Å². The summed E-state index contributed by atoms with van der Waals surface area (Å²) in [6.07, 6.45) is 5.81. The number of hydrogen-bond donors (Lipinski definition) is 1. The third kappa shape index (κ3) is 3.35. The number of hydrogen-bond acceptors (Lipinski definition) is 3. The third-order valence-electron chi connectivity index (χ3n) is 4.93. The lowest BCUT2D eigenvalue weighted by Crippen LogP contribution is -2.41. The van der Waals surface area contributed by atoms with Crippen LogP contribution in [0.2, 0.25) is 0 Å². The zero-order valence-electron chi connectivity index (χ0n) is 12.6. The van der Waals surface area contributed by atoms with Crippen LogP contribution in [0.1, 0.15) is 37.8 Å². The predicted molar refractivity (Wildman–Crippen MR) is 84.5 cm³/mol. The van der Waals surface area contributed by atoms with Gasteiger partial charge in [0.25, 0.3) is 0 Å². The second-order valence-corrected chi connectivity index (χ2v) is 6.67. The van der Waals surface area contributed by atoms with E-state index in [0.29, 0.717) is 11.3 Å². The molecule has 0 spiro atoms. The van der Waals surface area contributed by atoms with Crippen molar-refractivity contribution in [1.82, 2.24) is 20.0 Å². The smallest absolute Gasteiger partial charge is 0.0492 e. The van der Waals surface area contributed by atoms with Crippen LogP contribution in [-0.2, 0) is 7.05 Å². The van der Waals surface area contributed by atoms with Crippen LogP contribution in [0.4, 0.5) is 0 Å². The van der Waals surface area contributed by atoms with Crippen molar-refractivity contribution in [2.45, 2.75) is 32.1 Å². The number of nitrogens with one attached hydrogen (secondary N) is 1. The van der Waals surface area contributed by atoms with Crippen LogP contribution in [0.25, 0.3) is 0 Å². The molecule has 3 heterocycles. The van der Waals surface area contributed by atoms with Gasteiger partial charge in [-0.05, 0) is 50.4 Å². The Morgan fingerprint density at radius 3 is 2.70 bits per heavy atom. The van der Waals surface area contributed by atoms with E-state index in [1.54, 1.807) is 0 Å². The Kier molecular flexibility index (Phi) is 5.10. The standard InChI is InChI=1S/C15H26N4.ClH/c1-15(6-8-16-11-15)12-19-9-4-13(5-10-19)14-3-7-17-18(14)2;/h3,7,13,16H,4-6,8-12H2,1-2H3;1H. The molecule has 1 atom stereocenters. The minimum Gasteiger partial charge on any atom is -0.316 e. The molecule has 0 bridgehead atoms. The fourth-order valence-corrected chi connectivity index (χ4v) is 3.71. The van der Waals surface area contributed by atoms with Crippen LogP contribution in [-0.4, -0.2) is 47.4 Å². The van der Waals surface area contributed by atoms with Gasteiger partial charge in [-0.2, -0.15) is 5.10 Å². The molecule has 2 saturated heterocycles. The van der Waals surface area contributed by atoms with Gasteiger partial charge in [0.05, 0.1) is 0 Å². The Morgan fingerprint density at radius 1 is 1.40 bits per heavy atom. The van der Waals surface area contributed by atoms with Crippen molar-refractivity contribution in [2.24, 2.45) is 12.5 Å². The number of rotatable bonds is 3. The van der Waals surface area contributed by atoms with E-state index in [-0.39, 0.29) is 12.4 Å². The Labute approximate surface area is 128 Å². The van der Waals surface area contributed by atoms with Crippen LogP contribution < -0.4 is 5.32 Å². The van der Waals surface area contributed by atoms with E-state index in [1.165, 1.54) is 57.7 Å². The largest absolute Gasteiger partial charge is 0.316 e. The summed E-state index contributed by atoms with van der Waals surface area (Å²) in [6, 6.07) is 2.18. The first-order chi connectivity index (χ1) is 9.16. The van der Waals surface area contributed by atoms with Crippen molar-refractivity contribution >= 4 is 12.4 Å². The van der Waals surface area contributed by atoms with E-state index >= 15 is 0 Å². The van der Waals surface area contributed by atoms with Crippen molar-refractivity contribution in [2.75, 3.05) is 32.7 Å². The summed E-state index contributed by atoms with van der Waals surface area (Å²) in [4.78, 5) is 2.67. The highest BCUT2D eigenvalue weighted by Gasteiger charge is 2.32. The lowest BCUT2D eigenvalue weighted by atomic mass is 9.87. The number of piperidine rings is 1. The van der Waals surface area contributed by atoms with Crippen LogP contribution in [0.5, 0.6) is 0 Å². The zero-order chi connectivity index (χ0) is 13.3. The third-order valence-corrected chi connectivity index (χ3v) is 4.93. The molecule has 3 rings (SSSR count). The second-order valence-electron chi connectivity index (χ2n) is 6.67. The number of aromatic nitrogens is 2. The molecule has 1 aromatic rings. The number of halogens is 1. The molecule has 0 aliphatic carbocycles. The fourth-order valence-electron chi connectivity index (χ4n) is 3.71. The minimum absolute atomic E-state index is 0. The van der Waals surface area contributed by atoms with Crippen LogP contribution in [0.15, 0.2) is 12.3 Å². The maximum Gasteiger partial charge on any atom is 0.0492 e. The summed E-state index contributed by atoms with van der Waals surface area (Å²) < 4.78 is 2.04. The molecule has 0 aromatic carbocycles. The summed E-state index contributed by atoms with van der Waals surface area (Å²) in [5, 5.41) is 7.80. The molecule has 114 valence electrons. The molecule has 2 aliphatic rings. The molecule has 1 N–H and O–H groups in total. The molecule has 1 unspecified atom stereocenters. The van der Waals surface area contributed by atoms with Crippen molar-refractivity contribution in [1.29, 1.82) is 0 Å². The SMILES string of the molecule is Cl.Cn1nccc1C1CCN(CC2(C)CCNC2)CC1. The van der Waals surface area contributed by atoms with Gasteiger partial charge >= 0.3 is 0 Å². The van der Waals surface area contributed by atoms with Crippen molar-refractivity contribution in [3.8, 4) is 0 Å². The summed E-state index contributed by atoms with van der Waals surface area (Å²) in [5.41, 5.74) is 1.91. The van der Waals surface area contributed by atoms with Crippen molar-refractivity contribution in [3.63, 3.8) is 0 Å². The average Bonchev–Trinajstić information content (AvgIpc) is 3.00. The van der Waals surface area contributed by atoms with Gasteiger partial charge in [-0.25, -0.2) is 0 Å². The molecule has 5 heteroatoms. The summed E-state index contributed by atoms with van der Waals surface area (Å²) >= 11 is 0. The van der Waals surface area contributed by atoms with Gasteiger partial charge in [-0.1, -0.05) is 6.92 Å². The maximum atomic E-state index is 4.30. The molecule has 2 aliphatic heterocycles. The molecule has 1 aromatic heterocycles. The van der Waals surface area contributed by atoms with Crippen LogP contribution in [0.3, 0.4) is 0 Å². The maximum absolute atomic E-state index is 4.30. The van der Waals surface area contributed by atoms with E-state index in [1.807, 2.05) is 10.9 Å². The van der Waals surface area contributed by atoms with Gasteiger partial charge < -0.3 is 10.2 Å². The first-order valence-electron chi connectivity index (χ1n) is 7.57. The van der Waals surface area contributed by atoms with Crippen molar-refractivity contribution in [3.05, 3.63) is 18.0 Å². The Bertz CT molecular complexity index is 417. The molecule has 0 saturated carbocycles. The lowest BCUT2D eigenvalue weighted by Gasteiger charge is -2.37. The second kappa shape index (κ2) is 6.46. The molecule has 2 fully saturated rings. The Morgan fingerprint density at radius 2 is 2.15 bits per heavy atom. The highest BCUT2D eigenvalue weighted by Crippen LogP contribution is 2.31. The van der Waals surface area contributed by atoms with Gasteiger partial charge in [0.1, 0.15) is 0 Å². The van der Waals surface area contributed by atoms with E-state index in [9.17, 15) is 0 Å². The molecular formula is C15H27ClN4. The van der Waals surface area contributed by atoms with E-state index in [4.69, 9.17) is 0 Å². The van der Waals surface area contributed by atoms with Crippen LogP contribution in [0, 0.1) is 5.41 Å². The summed E-state index contributed by atoms with van der Waals surface area (Å²) in [5.74, 6) is 0.707. The molecular weight excluding hydrogens is 272 g/mol. The molecule has 4 nitrogen and oxygen atoms in total. The number of aryl methyl sites for hydroxylation is 1. The molecule has 20 heavy (non-hydrogen) atoms. The first kappa shape index (κ1) is 15.8. The average molecular weight is 299 g/mol. The minimum atomic E-state index is 0. The highest BCUT2D eigenvalue weighted by atomic mass is 35.5. The zero-order valence-corrected chi connectivity index (χ0v) is 13.5. The Hall–Kier alpha value is -0.580. The van der Waals surface area contributed by atoms with Gasteiger partial charge in [0.15, 0.2) is 0 Å². The molecule has 0 radical (unpaired) electrons. The van der Waals surface area contributed by atoms with Gasteiger partial charge in [0.2, 0.25) is 0 Å². The first-order valence-corrected chi connectivity index (χ1v) is 7.57. The van der Waals surface area contributed by atoms with Gasteiger partial charge in [-0.15, -0.1) is 12.4 Å². The number of nitrogens with zero attached hydrogens (tertiary/aromatic N) is 3. The van der Waals surface area contributed by atoms with Gasteiger partial charge in [0, 0.05) is 37.9 Å². The van der Waals surface area contributed by atoms with Gasteiger partial charge in [-0.3, -0.25) is 4.68 Å². The normalized spacial score (nSPS) is 28.5. The monoisotopic (exact) mass is 298 g/mol. The molecule has 0 amide bonds. The Balaban J connectivity index is 0.00000147. The fraction of sp³-hybridized carbons (Fsp3) is 0.800. The van der Waals surface area contributed by atoms with Crippen LogP contribution >= 0.6 is 12.4 Å². The summed E-state index contributed by atoms with van der Waals surface area (Å²) in [7, 11) is 2.06. The van der Waals surface area contributed by atoms with Crippen molar-refractivity contribution < 1.29 is 0 Å². The van der Waals surface area contributed by atoms with E-state index in [2.05, 4.69) is 35.4 Å². The quantitative estimate of drug-likeness (QED) is 0.927.